The molecular formula is C23H36N2O2. The van der Waals surface area contributed by atoms with E-state index < -0.39 is 0 Å². The third kappa shape index (κ3) is 6.39. The lowest BCUT2D eigenvalue weighted by molar-refractivity contribution is -0.128. The number of carbonyl (C=O) groups is 1. The van der Waals surface area contributed by atoms with Gasteiger partial charge >= 0.3 is 0 Å². The van der Waals surface area contributed by atoms with Crippen LogP contribution in [0.1, 0.15) is 46.1 Å². The van der Waals surface area contributed by atoms with Crippen LogP contribution in [0.4, 0.5) is 0 Å². The van der Waals surface area contributed by atoms with E-state index in [0.717, 1.165) is 56.9 Å². The summed E-state index contributed by atoms with van der Waals surface area (Å²) in [5.41, 5.74) is 2.10. The van der Waals surface area contributed by atoms with Crippen molar-refractivity contribution in [1.29, 1.82) is 0 Å². The lowest BCUT2D eigenvalue weighted by Gasteiger charge is -2.35. The molecule has 27 heavy (non-hydrogen) atoms. The van der Waals surface area contributed by atoms with E-state index in [4.69, 9.17) is 4.74 Å². The number of ether oxygens (including phenoxy) is 1. The monoisotopic (exact) mass is 372 g/mol. The van der Waals surface area contributed by atoms with Crippen LogP contribution in [0.25, 0.3) is 0 Å². The Morgan fingerprint density at radius 1 is 1.30 bits per heavy atom. The van der Waals surface area contributed by atoms with Gasteiger partial charge in [0.05, 0.1) is 7.11 Å². The molecule has 1 saturated heterocycles. The molecule has 0 bridgehead atoms. The number of methoxy groups -OCH3 is 1. The van der Waals surface area contributed by atoms with Crippen molar-refractivity contribution in [2.75, 3.05) is 33.3 Å². The second-order valence-corrected chi connectivity index (χ2v) is 8.11. The molecule has 1 aliphatic rings. The maximum atomic E-state index is 12.7. The molecule has 0 atom stereocenters. The molecule has 1 heterocycles. The highest BCUT2D eigenvalue weighted by Crippen LogP contribution is 2.24. The summed E-state index contributed by atoms with van der Waals surface area (Å²) in [5.74, 6) is 2.24. The van der Waals surface area contributed by atoms with Crippen molar-refractivity contribution in [3.8, 4) is 5.75 Å². The third-order valence-corrected chi connectivity index (χ3v) is 5.42. The van der Waals surface area contributed by atoms with Crippen molar-refractivity contribution in [2.45, 2.75) is 47.1 Å². The summed E-state index contributed by atoms with van der Waals surface area (Å²) in [6, 6.07) is 8.26. The topological polar surface area (TPSA) is 32.8 Å². The second kappa shape index (κ2) is 10.5. The van der Waals surface area contributed by atoms with Gasteiger partial charge in [-0.3, -0.25) is 9.69 Å². The van der Waals surface area contributed by atoms with E-state index in [9.17, 15) is 4.79 Å². The van der Waals surface area contributed by atoms with Crippen molar-refractivity contribution >= 4 is 5.91 Å². The molecule has 4 heteroatoms. The maximum Gasteiger partial charge on any atom is 0.249 e. The molecule has 0 saturated carbocycles. The summed E-state index contributed by atoms with van der Waals surface area (Å²) in [6.07, 6.45) is 4.21. The molecule has 0 aromatic heterocycles. The second-order valence-electron chi connectivity index (χ2n) is 8.11. The van der Waals surface area contributed by atoms with Crippen LogP contribution in [0.5, 0.6) is 5.75 Å². The predicted molar refractivity (Wildman–Crippen MR) is 112 cm³/mol. The molecule has 1 aliphatic heterocycles. The fraction of sp³-hybridized carbons (Fsp3) is 0.609. The van der Waals surface area contributed by atoms with Crippen LogP contribution in [0.3, 0.4) is 0 Å². The zero-order valence-corrected chi connectivity index (χ0v) is 17.7. The van der Waals surface area contributed by atoms with Gasteiger partial charge < -0.3 is 9.64 Å². The van der Waals surface area contributed by atoms with Crippen LogP contribution in [-0.2, 0) is 11.3 Å². The van der Waals surface area contributed by atoms with E-state index in [-0.39, 0.29) is 5.91 Å². The van der Waals surface area contributed by atoms with Crippen LogP contribution < -0.4 is 4.74 Å². The number of allylic oxidation sites excluding steroid dienone is 1. The number of amides is 1. The average Bonchev–Trinajstić information content (AvgIpc) is 2.67. The molecule has 0 radical (unpaired) electrons. The molecule has 2 rings (SSSR count). The number of hydrogen-bond donors (Lipinski definition) is 0. The summed E-state index contributed by atoms with van der Waals surface area (Å²) < 4.78 is 5.48. The molecule has 1 amide bonds. The molecule has 0 unspecified atom stereocenters. The Labute approximate surface area is 165 Å². The number of hydrogen-bond acceptors (Lipinski definition) is 3. The van der Waals surface area contributed by atoms with E-state index in [1.54, 1.807) is 7.11 Å². The highest BCUT2D eigenvalue weighted by Gasteiger charge is 2.25. The Kier molecular flexibility index (Phi) is 8.36. The van der Waals surface area contributed by atoms with Crippen molar-refractivity contribution in [3.63, 3.8) is 0 Å². The molecule has 1 fully saturated rings. The van der Waals surface area contributed by atoms with E-state index in [1.165, 1.54) is 5.56 Å². The molecule has 4 nitrogen and oxygen atoms in total. The zero-order chi connectivity index (χ0) is 19.8. The van der Waals surface area contributed by atoms with Crippen molar-refractivity contribution in [1.82, 2.24) is 9.80 Å². The third-order valence-electron chi connectivity index (χ3n) is 5.42. The van der Waals surface area contributed by atoms with Gasteiger partial charge in [0.25, 0.3) is 0 Å². The smallest absolute Gasteiger partial charge is 0.249 e. The maximum absolute atomic E-state index is 12.7. The minimum absolute atomic E-state index is 0.197. The molecule has 0 N–H and O–H groups in total. The van der Waals surface area contributed by atoms with Crippen molar-refractivity contribution in [2.24, 2.45) is 11.8 Å². The lowest BCUT2D eigenvalue weighted by Crippen LogP contribution is -2.42. The zero-order valence-electron chi connectivity index (χ0n) is 17.7. The first kappa shape index (κ1) is 21.5. The Morgan fingerprint density at radius 2 is 1.96 bits per heavy atom. The van der Waals surface area contributed by atoms with Crippen molar-refractivity contribution < 1.29 is 9.53 Å². The fourth-order valence-corrected chi connectivity index (χ4v) is 3.77. The van der Waals surface area contributed by atoms with Gasteiger partial charge in [-0.25, -0.2) is 0 Å². The number of nitrogens with zero attached hydrogens (tertiary/aromatic N) is 2. The van der Waals surface area contributed by atoms with Gasteiger partial charge in [-0.2, -0.15) is 0 Å². The standard InChI is InChI=1S/C23H36N2O2/c1-6-19(4)23(26)25(15-18(2)3)16-20-11-13-24(14-12-20)17-21-9-7-8-10-22(21)27-5/h6-10,18,20H,11-17H2,1-5H3/b19-6+. The molecule has 0 spiro atoms. The summed E-state index contributed by atoms with van der Waals surface area (Å²) in [4.78, 5) is 17.3. The van der Waals surface area contributed by atoms with Gasteiger partial charge in [-0.1, -0.05) is 38.1 Å². The molecule has 1 aromatic carbocycles. The Bertz CT molecular complexity index is 631. The first-order valence-corrected chi connectivity index (χ1v) is 10.2. The van der Waals surface area contributed by atoms with Crippen molar-refractivity contribution in [3.05, 3.63) is 41.5 Å². The van der Waals surface area contributed by atoms with Gasteiger partial charge in [-0.15, -0.1) is 0 Å². The quantitative estimate of drug-likeness (QED) is 0.636. The predicted octanol–water partition coefficient (Wildman–Crippen LogP) is 4.36. The van der Waals surface area contributed by atoms with E-state index in [2.05, 4.69) is 35.8 Å². The van der Waals surface area contributed by atoms with E-state index >= 15 is 0 Å². The van der Waals surface area contributed by atoms with Crippen LogP contribution in [0, 0.1) is 11.8 Å². The Hall–Kier alpha value is -1.81. The average molecular weight is 373 g/mol. The minimum atomic E-state index is 0.197. The Balaban J connectivity index is 1.90. The largest absolute Gasteiger partial charge is 0.496 e. The minimum Gasteiger partial charge on any atom is -0.496 e. The number of benzene rings is 1. The molecular weight excluding hydrogens is 336 g/mol. The highest BCUT2D eigenvalue weighted by molar-refractivity contribution is 5.92. The first-order chi connectivity index (χ1) is 12.9. The number of likely N-dealkylation sites (tertiary alicyclic amines) is 1. The van der Waals surface area contributed by atoms with Crippen LogP contribution >= 0.6 is 0 Å². The summed E-state index contributed by atoms with van der Waals surface area (Å²) in [5, 5.41) is 0. The molecule has 0 aliphatic carbocycles. The fourth-order valence-electron chi connectivity index (χ4n) is 3.77. The molecule has 1 aromatic rings. The Morgan fingerprint density at radius 3 is 2.56 bits per heavy atom. The van der Waals surface area contributed by atoms with Crippen LogP contribution in [-0.4, -0.2) is 49.0 Å². The normalized spacial score (nSPS) is 16.6. The lowest BCUT2D eigenvalue weighted by atomic mass is 9.95. The van der Waals surface area contributed by atoms with Gasteiger partial charge in [-0.05, 0) is 57.7 Å². The summed E-state index contributed by atoms with van der Waals surface area (Å²) in [7, 11) is 1.73. The summed E-state index contributed by atoms with van der Waals surface area (Å²) in [6.45, 7) is 13.0. The first-order valence-electron chi connectivity index (χ1n) is 10.2. The van der Waals surface area contributed by atoms with Crippen LogP contribution in [0.15, 0.2) is 35.9 Å². The van der Waals surface area contributed by atoms with Gasteiger partial charge in [0.15, 0.2) is 0 Å². The van der Waals surface area contributed by atoms with Crippen LogP contribution in [0.2, 0.25) is 0 Å². The van der Waals surface area contributed by atoms with Gasteiger partial charge in [0.1, 0.15) is 5.75 Å². The van der Waals surface area contributed by atoms with Gasteiger partial charge in [0, 0.05) is 30.8 Å². The molecule has 150 valence electrons. The van der Waals surface area contributed by atoms with E-state index in [0.29, 0.717) is 11.8 Å². The van der Waals surface area contributed by atoms with E-state index in [1.807, 2.05) is 32.1 Å². The highest BCUT2D eigenvalue weighted by atomic mass is 16.5. The number of para-hydroxylation sites is 1. The SMILES string of the molecule is C/C=C(\C)C(=O)N(CC(C)C)CC1CCN(Cc2ccccc2OC)CC1. The van der Waals surface area contributed by atoms with Gasteiger partial charge in [0.2, 0.25) is 5.91 Å². The number of piperidine rings is 1. The number of rotatable bonds is 8. The number of carbonyl (C=O) groups excluding carboxylic acids is 1. The summed E-state index contributed by atoms with van der Waals surface area (Å²) >= 11 is 0.